The second kappa shape index (κ2) is 3.85. The van der Waals surface area contributed by atoms with E-state index in [9.17, 15) is 0 Å². The van der Waals surface area contributed by atoms with Crippen molar-refractivity contribution in [1.29, 1.82) is 0 Å². The maximum atomic E-state index is 5.02. The molecule has 0 aromatic heterocycles. The number of hydrogen-bond donors (Lipinski definition) is 0. The van der Waals surface area contributed by atoms with Crippen LogP contribution in [0.4, 0.5) is 0 Å². The van der Waals surface area contributed by atoms with Crippen LogP contribution < -0.4 is 0 Å². The highest BCUT2D eigenvalue weighted by atomic mass is 17.2. The van der Waals surface area contributed by atoms with Gasteiger partial charge in [-0.2, -0.15) is 0 Å². The van der Waals surface area contributed by atoms with Gasteiger partial charge in [-0.25, -0.2) is 9.78 Å². The highest BCUT2D eigenvalue weighted by molar-refractivity contribution is 4.57. The van der Waals surface area contributed by atoms with E-state index in [2.05, 4.69) is 6.92 Å². The van der Waals surface area contributed by atoms with Crippen molar-refractivity contribution in [1.82, 2.24) is 0 Å². The Morgan fingerprint density at radius 1 is 1.56 bits per heavy atom. The van der Waals surface area contributed by atoms with Crippen molar-refractivity contribution >= 4 is 0 Å². The van der Waals surface area contributed by atoms with Gasteiger partial charge in [-0.15, -0.1) is 0 Å². The third-order valence-electron chi connectivity index (χ3n) is 1.57. The molecular weight excluding hydrogens is 116 g/mol. The van der Waals surface area contributed by atoms with Crippen LogP contribution in [-0.4, -0.2) is 12.7 Å². The first kappa shape index (κ1) is 7.03. The van der Waals surface area contributed by atoms with Gasteiger partial charge in [-0.05, 0) is 19.3 Å². The normalized spacial score (nSPS) is 28.3. The third-order valence-corrected chi connectivity index (χ3v) is 1.57. The third kappa shape index (κ3) is 2.33. The predicted molar refractivity (Wildman–Crippen MR) is 35.0 cm³/mol. The van der Waals surface area contributed by atoms with E-state index in [1.165, 1.54) is 12.8 Å². The molecule has 1 unspecified atom stereocenters. The summed E-state index contributed by atoms with van der Waals surface area (Å²) in [5.41, 5.74) is 0. The molecule has 0 saturated carbocycles. The second-order valence-corrected chi connectivity index (χ2v) is 2.47. The molecule has 0 radical (unpaired) electrons. The minimum absolute atomic E-state index is 0.378. The Morgan fingerprint density at radius 3 is 3.00 bits per heavy atom. The highest BCUT2D eigenvalue weighted by Gasteiger charge is 2.12. The van der Waals surface area contributed by atoms with Gasteiger partial charge in [0.25, 0.3) is 0 Å². The second-order valence-electron chi connectivity index (χ2n) is 2.47. The fraction of sp³-hybridized carbons (Fsp3) is 1.00. The van der Waals surface area contributed by atoms with Crippen molar-refractivity contribution in [3.8, 4) is 0 Å². The lowest BCUT2D eigenvalue weighted by atomic mass is 10.1. The molecule has 1 aliphatic rings. The van der Waals surface area contributed by atoms with Crippen LogP contribution in [0.15, 0.2) is 0 Å². The molecule has 9 heavy (non-hydrogen) atoms. The smallest absolute Gasteiger partial charge is 0.0930 e. The fourth-order valence-corrected chi connectivity index (χ4v) is 1.08. The Balaban J connectivity index is 2.08. The SMILES string of the molecule is CCCC1CCCOO1. The van der Waals surface area contributed by atoms with Crippen molar-refractivity contribution < 1.29 is 9.78 Å². The van der Waals surface area contributed by atoms with E-state index in [1.807, 2.05) is 0 Å². The molecule has 1 rings (SSSR count). The number of hydrogen-bond acceptors (Lipinski definition) is 2. The van der Waals surface area contributed by atoms with Crippen LogP contribution in [0.1, 0.15) is 32.6 Å². The average Bonchev–Trinajstić information content (AvgIpc) is 1.91. The van der Waals surface area contributed by atoms with Crippen LogP contribution in [0.5, 0.6) is 0 Å². The molecule has 2 heteroatoms. The molecule has 1 aliphatic heterocycles. The molecule has 1 saturated heterocycles. The van der Waals surface area contributed by atoms with Gasteiger partial charge in [0, 0.05) is 0 Å². The molecule has 0 N–H and O–H groups in total. The molecular formula is C7H14O2. The molecule has 0 bridgehead atoms. The van der Waals surface area contributed by atoms with Crippen molar-refractivity contribution in [2.24, 2.45) is 0 Å². The molecule has 2 nitrogen and oxygen atoms in total. The summed E-state index contributed by atoms with van der Waals surface area (Å²) in [4.78, 5) is 9.85. The Kier molecular flexibility index (Phi) is 3.01. The summed E-state index contributed by atoms with van der Waals surface area (Å²) in [6.45, 7) is 2.94. The van der Waals surface area contributed by atoms with Crippen LogP contribution in [0.25, 0.3) is 0 Å². The van der Waals surface area contributed by atoms with Gasteiger partial charge in [0.05, 0.1) is 12.7 Å². The van der Waals surface area contributed by atoms with E-state index in [1.54, 1.807) is 0 Å². The van der Waals surface area contributed by atoms with Crippen LogP contribution in [0, 0.1) is 0 Å². The van der Waals surface area contributed by atoms with Gasteiger partial charge in [0.15, 0.2) is 0 Å². The first-order valence-corrected chi connectivity index (χ1v) is 3.71. The zero-order valence-electron chi connectivity index (χ0n) is 5.93. The maximum absolute atomic E-state index is 5.02. The minimum atomic E-state index is 0.378. The summed E-state index contributed by atoms with van der Waals surface area (Å²) in [5, 5.41) is 0. The summed E-state index contributed by atoms with van der Waals surface area (Å²) in [6.07, 6.45) is 5.04. The summed E-state index contributed by atoms with van der Waals surface area (Å²) >= 11 is 0. The van der Waals surface area contributed by atoms with Crippen molar-refractivity contribution in [2.45, 2.75) is 38.7 Å². The Hall–Kier alpha value is -0.0800. The van der Waals surface area contributed by atoms with Crippen LogP contribution >= 0.6 is 0 Å². The maximum Gasteiger partial charge on any atom is 0.0930 e. The average molecular weight is 130 g/mol. The van der Waals surface area contributed by atoms with Gasteiger partial charge in [-0.1, -0.05) is 13.3 Å². The minimum Gasteiger partial charge on any atom is -0.236 e. The highest BCUT2D eigenvalue weighted by Crippen LogP contribution is 2.14. The van der Waals surface area contributed by atoms with Crippen molar-refractivity contribution in [3.63, 3.8) is 0 Å². The van der Waals surface area contributed by atoms with Gasteiger partial charge < -0.3 is 0 Å². The molecule has 0 aromatic rings. The molecule has 0 spiro atoms. The van der Waals surface area contributed by atoms with E-state index in [-0.39, 0.29) is 0 Å². The summed E-state index contributed by atoms with van der Waals surface area (Å²) in [5.74, 6) is 0. The largest absolute Gasteiger partial charge is 0.236 e. The molecule has 1 heterocycles. The van der Waals surface area contributed by atoms with Crippen LogP contribution in [0.3, 0.4) is 0 Å². The lowest BCUT2D eigenvalue weighted by Gasteiger charge is -2.19. The molecule has 1 atom stereocenters. The predicted octanol–water partition coefficient (Wildman–Crippen LogP) is 1.90. The van der Waals surface area contributed by atoms with Crippen LogP contribution in [0.2, 0.25) is 0 Å². The summed E-state index contributed by atoms with van der Waals surface area (Å²) in [6, 6.07) is 0. The lowest BCUT2D eigenvalue weighted by Crippen LogP contribution is -2.19. The Morgan fingerprint density at radius 2 is 2.44 bits per heavy atom. The molecule has 1 fully saturated rings. The summed E-state index contributed by atoms with van der Waals surface area (Å²) in [7, 11) is 0. The topological polar surface area (TPSA) is 18.5 Å². The van der Waals surface area contributed by atoms with Crippen LogP contribution in [-0.2, 0) is 9.78 Å². The standard InChI is InChI=1S/C7H14O2/c1-2-4-7-5-3-6-8-9-7/h7H,2-6H2,1H3. The van der Waals surface area contributed by atoms with E-state index in [0.717, 1.165) is 19.4 Å². The monoisotopic (exact) mass is 130 g/mol. The van der Waals surface area contributed by atoms with E-state index in [0.29, 0.717) is 6.10 Å². The van der Waals surface area contributed by atoms with Gasteiger partial charge in [-0.3, -0.25) is 0 Å². The van der Waals surface area contributed by atoms with Gasteiger partial charge >= 0.3 is 0 Å². The van der Waals surface area contributed by atoms with Gasteiger partial charge in [0.1, 0.15) is 0 Å². The zero-order chi connectivity index (χ0) is 6.53. The molecule has 0 aromatic carbocycles. The lowest BCUT2D eigenvalue weighted by molar-refractivity contribution is -0.345. The first-order valence-electron chi connectivity index (χ1n) is 3.71. The van der Waals surface area contributed by atoms with E-state index in [4.69, 9.17) is 9.78 Å². The quantitative estimate of drug-likeness (QED) is 0.531. The first-order chi connectivity index (χ1) is 4.43. The Bertz CT molecular complexity index is 64.6. The van der Waals surface area contributed by atoms with E-state index >= 15 is 0 Å². The molecule has 0 amide bonds. The zero-order valence-corrected chi connectivity index (χ0v) is 5.93. The fourth-order valence-electron chi connectivity index (χ4n) is 1.08. The summed E-state index contributed by atoms with van der Waals surface area (Å²) < 4.78 is 0. The van der Waals surface area contributed by atoms with E-state index < -0.39 is 0 Å². The van der Waals surface area contributed by atoms with Gasteiger partial charge in [0.2, 0.25) is 0 Å². The van der Waals surface area contributed by atoms with Crippen molar-refractivity contribution in [3.05, 3.63) is 0 Å². The molecule has 54 valence electrons. The van der Waals surface area contributed by atoms with Crippen molar-refractivity contribution in [2.75, 3.05) is 6.61 Å². The number of rotatable bonds is 2. The Labute approximate surface area is 56.1 Å². The molecule has 0 aliphatic carbocycles.